The van der Waals surface area contributed by atoms with Crippen molar-refractivity contribution in [3.8, 4) is 22.6 Å². The maximum Gasteiger partial charge on any atom is 0.354 e. The van der Waals surface area contributed by atoms with Gasteiger partial charge in [-0.2, -0.15) is 4.98 Å². The number of halogens is 2. The molecular weight excluding hydrogens is 594 g/mol. The number of nitrogens with one attached hydrogen (secondary N) is 1. The van der Waals surface area contributed by atoms with Crippen LogP contribution in [0.25, 0.3) is 38.5 Å². The second-order valence-corrected chi connectivity index (χ2v) is 11.9. The minimum Gasteiger partial charge on any atom is -0.487 e. The normalized spacial score (nSPS) is 16.0. The van der Waals surface area contributed by atoms with Gasteiger partial charge in [-0.05, 0) is 54.1 Å². The van der Waals surface area contributed by atoms with Crippen LogP contribution in [0.2, 0.25) is 0 Å². The second-order valence-electron chi connectivity index (χ2n) is 11.9. The van der Waals surface area contributed by atoms with E-state index in [2.05, 4.69) is 21.5 Å². The maximum atomic E-state index is 17.0. The van der Waals surface area contributed by atoms with Crippen molar-refractivity contribution in [2.45, 2.75) is 32.7 Å². The van der Waals surface area contributed by atoms with Crippen molar-refractivity contribution in [3.63, 3.8) is 0 Å². The number of aromatic amines is 1. The molecule has 7 rings (SSSR count). The van der Waals surface area contributed by atoms with E-state index in [1.807, 2.05) is 25.7 Å². The molecule has 12 heteroatoms. The Bertz CT molecular complexity index is 2230. The first kappa shape index (κ1) is 29.3. The molecule has 1 N–H and O–H groups in total. The SMILES string of the molecule is C=CC(=O)N1CCN2c3nc(=O)n(-c4c(C)ccnc4C(C)C)c4cc(-c5c(F)ccc6cc[nH]c(=O)c56)c(F)c(c34)OCC2C1. The highest BCUT2D eigenvalue weighted by Gasteiger charge is 2.37. The van der Waals surface area contributed by atoms with Crippen LogP contribution in [0.3, 0.4) is 0 Å². The second kappa shape index (κ2) is 10.9. The topological polar surface area (TPSA) is 113 Å². The lowest BCUT2D eigenvalue weighted by atomic mass is 9.96. The zero-order valence-electron chi connectivity index (χ0n) is 25.4. The number of amides is 1. The van der Waals surface area contributed by atoms with E-state index in [-0.39, 0.29) is 64.0 Å². The Kier molecular flexibility index (Phi) is 6.95. The molecule has 1 fully saturated rings. The Balaban J connectivity index is 1.61. The Morgan fingerprint density at radius 3 is 2.72 bits per heavy atom. The van der Waals surface area contributed by atoms with Gasteiger partial charge in [0.15, 0.2) is 11.6 Å². The number of carbonyl (C=O) groups is 1. The summed E-state index contributed by atoms with van der Waals surface area (Å²) < 4.78 is 40.3. The standard InChI is InChI=1S/C34H30F2N6O4/c1-5-24(43)40-12-13-41-20(15-40)16-46-31-27-23(42(34(45)39-32(27)41)30-18(4)8-10-37-29(30)17(2)3)14-21(28(31)36)26-22(35)7-6-19-9-11-38-33(44)25(19)26/h5-11,14,17,20H,1,12-13,15-16H2,2-4H3,(H,38,44). The van der Waals surface area contributed by atoms with E-state index in [0.717, 1.165) is 5.56 Å². The minimum atomic E-state index is -0.902. The fourth-order valence-electron chi connectivity index (χ4n) is 6.64. The smallest absolute Gasteiger partial charge is 0.354 e. The average molecular weight is 625 g/mol. The fourth-order valence-corrected chi connectivity index (χ4v) is 6.64. The van der Waals surface area contributed by atoms with Crippen LogP contribution in [0.4, 0.5) is 14.6 Å². The molecule has 0 radical (unpaired) electrons. The van der Waals surface area contributed by atoms with Crippen LogP contribution in [0.5, 0.6) is 5.75 Å². The highest BCUT2D eigenvalue weighted by molar-refractivity contribution is 6.03. The summed E-state index contributed by atoms with van der Waals surface area (Å²) in [6.07, 6.45) is 4.32. The summed E-state index contributed by atoms with van der Waals surface area (Å²) >= 11 is 0. The third-order valence-electron chi connectivity index (χ3n) is 8.80. The van der Waals surface area contributed by atoms with E-state index >= 15 is 8.78 Å². The molecule has 5 aromatic rings. The third-order valence-corrected chi connectivity index (χ3v) is 8.80. The van der Waals surface area contributed by atoms with Crippen molar-refractivity contribution >= 4 is 33.4 Å². The molecule has 0 spiro atoms. The molecule has 1 unspecified atom stereocenters. The van der Waals surface area contributed by atoms with Crippen molar-refractivity contribution in [3.05, 3.63) is 99.1 Å². The molecule has 46 heavy (non-hydrogen) atoms. The number of hydrogen-bond acceptors (Lipinski definition) is 7. The zero-order chi connectivity index (χ0) is 32.4. The number of rotatable bonds is 4. The number of benzene rings is 2. The molecule has 1 atom stereocenters. The Morgan fingerprint density at radius 1 is 1.15 bits per heavy atom. The molecule has 5 heterocycles. The van der Waals surface area contributed by atoms with E-state index < -0.39 is 28.9 Å². The first-order valence-electron chi connectivity index (χ1n) is 15.0. The van der Waals surface area contributed by atoms with Crippen molar-refractivity contribution < 1.29 is 18.3 Å². The first-order chi connectivity index (χ1) is 22.1. The van der Waals surface area contributed by atoms with Crippen LogP contribution in [0, 0.1) is 18.6 Å². The van der Waals surface area contributed by atoms with E-state index in [9.17, 15) is 14.4 Å². The molecule has 0 bridgehead atoms. The van der Waals surface area contributed by atoms with E-state index in [0.29, 0.717) is 29.9 Å². The van der Waals surface area contributed by atoms with Crippen LogP contribution in [-0.4, -0.2) is 62.6 Å². The van der Waals surface area contributed by atoms with Gasteiger partial charge in [-0.1, -0.05) is 26.5 Å². The largest absolute Gasteiger partial charge is 0.487 e. The molecule has 234 valence electrons. The van der Waals surface area contributed by atoms with Gasteiger partial charge in [0.1, 0.15) is 18.2 Å². The number of fused-ring (bicyclic) bond motifs is 3. The van der Waals surface area contributed by atoms with Gasteiger partial charge in [-0.3, -0.25) is 19.1 Å². The molecule has 0 saturated carbocycles. The summed E-state index contributed by atoms with van der Waals surface area (Å²) in [6, 6.07) is 6.92. The number of nitrogens with zero attached hydrogens (tertiary/aromatic N) is 5. The van der Waals surface area contributed by atoms with Gasteiger partial charge >= 0.3 is 5.69 Å². The molecule has 10 nitrogen and oxygen atoms in total. The summed E-state index contributed by atoms with van der Waals surface area (Å²) in [4.78, 5) is 54.9. The van der Waals surface area contributed by atoms with Crippen LogP contribution < -0.4 is 20.9 Å². The molecule has 0 aliphatic carbocycles. The van der Waals surface area contributed by atoms with Gasteiger partial charge in [0.25, 0.3) is 5.56 Å². The summed E-state index contributed by atoms with van der Waals surface area (Å²) in [5.41, 5.74) is 0.282. The number of aryl methyl sites for hydroxylation is 1. The third kappa shape index (κ3) is 4.38. The molecule has 2 aliphatic heterocycles. The number of pyridine rings is 2. The van der Waals surface area contributed by atoms with Crippen LogP contribution in [0.1, 0.15) is 31.0 Å². The number of carbonyl (C=O) groups excluding carboxylic acids is 1. The lowest BCUT2D eigenvalue weighted by Crippen LogP contribution is -2.56. The summed E-state index contributed by atoms with van der Waals surface area (Å²) in [5.74, 6) is -2.10. The average Bonchev–Trinajstić information content (AvgIpc) is 3.20. The molecule has 2 aliphatic rings. The molecule has 1 saturated heterocycles. The highest BCUT2D eigenvalue weighted by atomic mass is 19.1. The first-order valence-corrected chi connectivity index (χ1v) is 15.0. The lowest BCUT2D eigenvalue weighted by Gasteiger charge is -2.40. The summed E-state index contributed by atoms with van der Waals surface area (Å²) in [7, 11) is 0. The number of ether oxygens (including phenoxy) is 1. The van der Waals surface area contributed by atoms with Crippen molar-refractivity contribution in [1.29, 1.82) is 0 Å². The maximum absolute atomic E-state index is 17.0. The number of aromatic nitrogens is 4. The molecule has 2 aromatic carbocycles. The highest BCUT2D eigenvalue weighted by Crippen LogP contribution is 2.45. The molecular formula is C34H30F2N6O4. The van der Waals surface area contributed by atoms with E-state index in [4.69, 9.17) is 4.74 Å². The Labute approximate surface area is 261 Å². The Hall–Kier alpha value is -5.39. The van der Waals surface area contributed by atoms with E-state index in [1.165, 1.54) is 35.0 Å². The summed E-state index contributed by atoms with van der Waals surface area (Å²) in [5, 5.41) is 0.592. The van der Waals surface area contributed by atoms with Crippen molar-refractivity contribution in [2.24, 2.45) is 0 Å². The van der Waals surface area contributed by atoms with Crippen LogP contribution >= 0.6 is 0 Å². The lowest BCUT2D eigenvalue weighted by molar-refractivity contribution is -0.126. The number of anilines is 1. The van der Waals surface area contributed by atoms with Crippen molar-refractivity contribution in [1.82, 2.24) is 24.4 Å². The number of piperazine rings is 1. The van der Waals surface area contributed by atoms with Gasteiger partial charge in [-0.25, -0.2) is 13.6 Å². The van der Waals surface area contributed by atoms with Gasteiger partial charge in [0, 0.05) is 43.2 Å². The Morgan fingerprint density at radius 2 is 1.96 bits per heavy atom. The van der Waals surface area contributed by atoms with Crippen LogP contribution in [0.15, 0.2) is 65.0 Å². The quantitative estimate of drug-likeness (QED) is 0.291. The monoisotopic (exact) mass is 624 g/mol. The van der Waals surface area contributed by atoms with Crippen LogP contribution in [-0.2, 0) is 4.79 Å². The molecule has 1 amide bonds. The summed E-state index contributed by atoms with van der Waals surface area (Å²) in [6.45, 7) is 10.1. The predicted molar refractivity (Wildman–Crippen MR) is 171 cm³/mol. The predicted octanol–water partition coefficient (Wildman–Crippen LogP) is 4.59. The molecule has 3 aromatic heterocycles. The zero-order valence-corrected chi connectivity index (χ0v) is 25.4. The number of H-pyrrole nitrogens is 1. The van der Waals surface area contributed by atoms with Gasteiger partial charge in [0.05, 0.1) is 33.7 Å². The van der Waals surface area contributed by atoms with Crippen molar-refractivity contribution in [2.75, 3.05) is 31.1 Å². The van der Waals surface area contributed by atoms with E-state index in [1.54, 1.807) is 23.2 Å². The number of hydrogen-bond donors (Lipinski definition) is 1. The fraction of sp³-hybridized carbons (Fsp3) is 0.265. The van der Waals surface area contributed by atoms with Gasteiger partial charge < -0.3 is 19.5 Å². The van der Waals surface area contributed by atoms with Gasteiger partial charge in [0.2, 0.25) is 5.91 Å². The van der Waals surface area contributed by atoms with Gasteiger partial charge in [-0.15, -0.1) is 0 Å². The minimum absolute atomic E-state index is 0.0406.